The molecule has 26 heavy (non-hydrogen) atoms. The highest BCUT2D eigenvalue weighted by atomic mass is 15.2. The van der Waals surface area contributed by atoms with E-state index in [9.17, 15) is 0 Å². The second kappa shape index (κ2) is 6.91. The van der Waals surface area contributed by atoms with E-state index in [1.54, 1.807) is 12.4 Å². The molecule has 2 heterocycles. The zero-order chi connectivity index (χ0) is 17.8. The molecular weight excluding hydrogens is 326 g/mol. The lowest BCUT2D eigenvalue weighted by Crippen LogP contribution is -2.02. The van der Waals surface area contributed by atoms with E-state index in [1.165, 1.54) is 0 Å². The van der Waals surface area contributed by atoms with Crippen LogP contribution in [0.3, 0.4) is 0 Å². The Kier molecular flexibility index (Phi) is 4.14. The Bertz CT molecular complexity index is 1060. The van der Waals surface area contributed by atoms with Crippen molar-refractivity contribution in [1.82, 2.24) is 20.2 Å². The second-order valence-electron chi connectivity index (χ2n) is 5.68. The third-order valence-corrected chi connectivity index (χ3v) is 3.86. The number of nitriles is 1. The number of rotatable bonds is 5. The van der Waals surface area contributed by atoms with Crippen molar-refractivity contribution >= 4 is 34.0 Å². The number of nitrogens with zero attached hydrogens (tertiary/aromatic N) is 4. The highest BCUT2D eigenvalue weighted by Gasteiger charge is 2.09. The van der Waals surface area contributed by atoms with Crippen LogP contribution in [0.25, 0.3) is 10.9 Å². The minimum Gasteiger partial charge on any atom is -0.337 e. The Morgan fingerprint density at radius 2 is 1.81 bits per heavy atom. The topological polar surface area (TPSA) is 102 Å². The molecule has 0 atom stereocenters. The predicted octanol–water partition coefficient (Wildman–Crippen LogP) is 3.91. The normalized spacial score (nSPS) is 10.4. The third-order valence-electron chi connectivity index (χ3n) is 3.86. The van der Waals surface area contributed by atoms with Crippen LogP contribution in [0.5, 0.6) is 0 Å². The summed E-state index contributed by atoms with van der Waals surface area (Å²) in [6, 6.07) is 17.6. The second-order valence-corrected chi connectivity index (χ2v) is 5.68. The van der Waals surface area contributed by atoms with Gasteiger partial charge >= 0.3 is 0 Å². The number of hydrogen-bond donors (Lipinski definition) is 3. The van der Waals surface area contributed by atoms with Gasteiger partial charge in [0.15, 0.2) is 0 Å². The Hall–Kier alpha value is -3.92. The summed E-state index contributed by atoms with van der Waals surface area (Å²) in [5.41, 5.74) is 3.48. The number of nitrogens with one attached hydrogen (secondary N) is 3. The van der Waals surface area contributed by atoms with Gasteiger partial charge in [-0.25, -0.2) is 4.98 Å². The van der Waals surface area contributed by atoms with E-state index in [-0.39, 0.29) is 0 Å². The van der Waals surface area contributed by atoms with Crippen molar-refractivity contribution in [1.29, 1.82) is 5.26 Å². The molecule has 0 unspecified atom stereocenters. The van der Waals surface area contributed by atoms with E-state index in [0.717, 1.165) is 27.8 Å². The number of para-hydroxylation sites is 1. The summed E-state index contributed by atoms with van der Waals surface area (Å²) in [7, 11) is 0. The number of aromatic amines is 1. The van der Waals surface area contributed by atoms with E-state index in [0.29, 0.717) is 18.2 Å². The van der Waals surface area contributed by atoms with Crippen LogP contribution in [0, 0.1) is 11.3 Å². The minimum atomic E-state index is 0.394. The molecule has 0 aliphatic heterocycles. The maximum absolute atomic E-state index is 8.76. The largest absolute Gasteiger partial charge is 0.337 e. The number of hydrogen-bond acceptors (Lipinski definition) is 6. The molecule has 4 aromatic rings. The van der Waals surface area contributed by atoms with Crippen LogP contribution in [0.4, 0.5) is 23.1 Å². The van der Waals surface area contributed by atoms with Crippen molar-refractivity contribution in [3.63, 3.8) is 0 Å². The molecule has 0 aliphatic carbocycles. The third kappa shape index (κ3) is 3.30. The lowest BCUT2D eigenvalue weighted by molar-refractivity contribution is 1.09. The summed E-state index contributed by atoms with van der Waals surface area (Å²) in [4.78, 5) is 9.18. The lowest BCUT2D eigenvalue weighted by atomic mass is 10.1. The Morgan fingerprint density at radius 1 is 0.962 bits per heavy atom. The first-order valence-electron chi connectivity index (χ1n) is 8.07. The van der Waals surface area contributed by atoms with E-state index in [4.69, 9.17) is 5.26 Å². The van der Waals surface area contributed by atoms with Crippen molar-refractivity contribution in [2.24, 2.45) is 0 Å². The van der Waals surface area contributed by atoms with E-state index < -0.39 is 0 Å². The Labute approximate surface area is 149 Å². The average molecular weight is 341 g/mol. The van der Waals surface area contributed by atoms with E-state index in [1.807, 2.05) is 48.5 Å². The molecule has 2 aromatic heterocycles. The van der Waals surface area contributed by atoms with Gasteiger partial charge in [-0.15, -0.1) is 0 Å². The first-order valence-corrected chi connectivity index (χ1v) is 8.07. The molecule has 2 aromatic carbocycles. The molecule has 0 aliphatic rings. The van der Waals surface area contributed by atoms with Crippen molar-refractivity contribution < 1.29 is 0 Å². The van der Waals surface area contributed by atoms with Crippen LogP contribution >= 0.6 is 0 Å². The molecule has 4 rings (SSSR count). The summed E-state index contributed by atoms with van der Waals surface area (Å²) in [5.74, 6) is 1.18. The highest BCUT2D eigenvalue weighted by molar-refractivity contribution is 5.91. The SMILES string of the molecule is N#CCc1ccc(Nc2nc(Nc3cn[nH]c3)c3ccccc3n2)cc1. The number of fused-ring (bicyclic) bond motifs is 1. The number of benzene rings is 2. The van der Waals surface area contributed by atoms with Gasteiger partial charge in [0.25, 0.3) is 0 Å². The van der Waals surface area contributed by atoms with Gasteiger partial charge in [0, 0.05) is 17.3 Å². The average Bonchev–Trinajstić information content (AvgIpc) is 3.17. The van der Waals surface area contributed by atoms with E-state index >= 15 is 0 Å². The summed E-state index contributed by atoms with van der Waals surface area (Å²) < 4.78 is 0. The molecule has 0 saturated carbocycles. The first-order chi connectivity index (χ1) is 12.8. The smallest absolute Gasteiger partial charge is 0.229 e. The molecule has 7 heteroatoms. The minimum absolute atomic E-state index is 0.394. The summed E-state index contributed by atoms with van der Waals surface area (Å²) >= 11 is 0. The van der Waals surface area contributed by atoms with E-state index in [2.05, 4.69) is 36.9 Å². The fourth-order valence-corrected chi connectivity index (χ4v) is 2.61. The van der Waals surface area contributed by atoms with Gasteiger partial charge in [0.1, 0.15) is 5.82 Å². The van der Waals surface area contributed by atoms with Gasteiger partial charge in [-0.2, -0.15) is 15.3 Å². The van der Waals surface area contributed by atoms with Crippen molar-refractivity contribution in [3.8, 4) is 6.07 Å². The highest BCUT2D eigenvalue weighted by Crippen LogP contribution is 2.26. The molecule has 0 bridgehead atoms. The van der Waals surface area contributed by atoms with Crippen LogP contribution in [0.1, 0.15) is 5.56 Å². The summed E-state index contributed by atoms with van der Waals surface area (Å²) in [5, 5.41) is 22.9. The van der Waals surface area contributed by atoms with Crippen molar-refractivity contribution in [2.45, 2.75) is 6.42 Å². The maximum atomic E-state index is 8.76. The zero-order valence-corrected chi connectivity index (χ0v) is 13.8. The molecule has 0 amide bonds. The molecule has 3 N–H and O–H groups in total. The fraction of sp³-hybridized carbons (Fsp3) is 0.0526. The number of H-pyrrole nitrogens is 1. The van der Waals surface area contributed by atoms with Crippen LogP contribution in [-0.4, -0.2) is 20.2 Å². The molecule has 7 nitrogen and oxygen atoms in total. The molecule has 0 radical (unpaired) electrons. The summed E-state index contributed by atoms with van der Waals surface area (Å²) in [6.07, 6.45) is 3.85. The molecular formula is C19H15N7. The van der Waals surface area contributed by atoms with Gasteiger partial charge in [0.05, 0.1) is 29.9 Å². The molecule has 0 saturated heterocycles. The van der Waals surface area contributed by atoms with Gasteiger partial charge in [0.2, 0.25) is 5.95 Å². The van der Waals surface area contributed by atoms with Crippen LogP contribution in [0.15, 0.2) is 60.9 Å². The first kappa shape index (κ1) is 15.6. The maximum Gasteiger partial charge on any atom is 0.229 e. The number of aromatic nitrogens is 4. The monoisotopic (exact) mass is 341 g/mol. The van der Waals surface area contributed by atoms with Crippen LogP contribution in [-0.2, 0) is 6.42 Å². The molecule has 0 spiro atoms. The zero-order valence-electron chi connectivity index (χ0n) is 13.8. The lowest BCUT2D eigenvalue weighted by Gasteiger charge is -2.11. The Balaban J connectivity index is 1.67. The van der Waals surface area contributed by atoms with Crippen LogP contribution < -0.4 is 10.6 Å². The van der Waals surface area contributed by atoms with Gasteiger partial charge in [-0.1, -0.05) is 24.3 Å². The quantitative estimate of drug-likeness (QED) is 0.509. The van der Waals surface area contributed by atoms with Crippen molar-refractivity contribution in [2.75, 3.05) is 10.6 Å². The van der Waals surface area contributed by atoms with Gasteiger partial charge < -0.3 is 10.6 Å². The Morgan fingerprint density at radius 3 is 2.58 bits per heavy atom. The van der Waals surface area contributed by atoms with Crippen LogP contribution in [0.2, 0.25) is 0 Å². The molecule has 126 valence electrons. The van der Waals surface area contributed by atoms with Crippen molar-refractivity contribution in [3.05, 3.63) is 66.5 Å². The fourth-order valence-electron chi connectivity index (χ4n) is 2.61. The standard InChI is InChI=1S/C19H15N7/c20-10-9-13-5-7-14(8-6-13)24-19-25-17-4-2-1-3-16(17)18(26-19)23-15-11-21-22-12-15/h1-8,11-12H,9H2,(H,21,22)(H2,23,24,25,26). The predicted molar refractivity (Wildman–Crippen MR) is 100 cm³/mol. The molecule has 0 fully saturated rings. The summed E-state index contributed by atoms with van der Waals surface area (Å²) in [6.45, 7) is 0. The number of anilines is 4. The van der Waals surface area contributed by atoms with Gasteiger partial charge in [-0.3, -0.25) is 5.10 Å². The van der Waals surface area contributed by atoms with Gasteiger partial charge in [-0.05, 0) is 29.8 Å².